The number of primary amides is 2. The van der Waals surface area contributed by atoms with E-state index < -0.39 is 198 Å². The number of benzene rings is 4. The number of aromatic nitrogens is 2. The van der Waals surface area contributed by atoms with Crippen LogP contribution in [-0.4, -0.2) is 208 Å². The minimum Gasteiger partial charge on any atom is -0.394 e. The number of fused-ring (bicyclic) bond motifs is 3. The predicted octanol–water partition coefficient (Wildman–Crippen LogP) is -1.87. The second-order valence-electron chi connectivity index (χ2n) is 29.6. The van der Waals surface area contributed by atoms with Crippen molar-refractivity contribution in [3.63, 3.8) is 0 Å². The van der Waals surface area contributed by atoms with Gasteiger partial charge in [-0.3, -0.25) is 72.5 Å². The zero-order chi connectivity index (χ0) is 82.8. The Hall–Kier alpha value is -11.7. The van der Waals surface area contributed by atoms with Crippen molar-refractivity contribution in [2.75, 3.05) is 37.7 Å². The number of carbonyl (C=O) groups excluding carboxylic acids is 14. The molecule has 36 heteroatoms. The fourth-order valence-corrected chi connectivity index (χ4v) is 13.6. The molecule has 2 aromatic heterocycles. The number of thioether (sulfide) groups is 1. The van der Waals surface area contributed by atoms with E-state index in [1.54, 1.807) is 115 Å². The minimum atomic E-state index is -1.87. The van der Waals surface area contributed by atoms with Crippen molar-refractivity contribution in [3.05, 3.63) is 120 Å². The molecule has 25 N–H and O–H groups in total. The molecular formula is C77H106N20O15S. The largest absolute Gasteiger partial charge is 0.394 e. The summed E-state index contributed by atoms with van der Waals surface area (Å²) in [6, 6.07) is 9.97. The Morgan fingerprint density at radius 1 is 0.522 bits per heavy atom. The third-order valence-corrected chi connectivity index (χ3v) is 20.0. The highest BCUT2D eigenvalue weighted by Gasteiger charge is 2.40. The standard InChI is InChI=1S/C77H106N20O15S/c1-40(2)62-73(110)89-52(23-14-15-27-78)68(105)90-54(31-45-34-84-49-21-12-10-19-47(45)49)70(107)96-63(41(3)4)74(111)94-58(65(80)102)38-113-39-61(101)88-53(30-42-25-26-43-17-8-9-18-44(43)29-42)72(109)97-64(77(5,6)7)75(112)93-57(37-98)66(103)86-36-60(100)87-51(24-16-28-83-76(81)82)67(104)92-56(33-59(79)99)69(106)91-55(71(108)95-62)32-46-35-85-50-22-13-11-20-48(46)50/h8-13,17-22,25-26,29,34-35,40-41,51-58,62-64,84-85,98H,14-16,23-24,27-28,30-33,36-39,78H2,1-7H3,(H2,79,99)(H2,80,102)(H,86,103)(H,87,100)(H,88,101)(H,89,110)(H,90,105)(H,91,106)(H,92,104)(H,93,112)(H,94,111)(H,95,108)(H,96,107)(H,97,109)(H4,81,82,83)/t51-,52-,53-,54-,55-,56-,57-,58-,62-,63-,64+/m0/s1. The number of rotatable bonds is 20. The number of unbranched alkanes of at least 4 members (excludes halogenated alkanes) is 1. The molecule has 0 radical (unpaired) electrons. The van der Waals surface area contributed by atoms with Crippen LogP contribution >= 0.6 is 11.8 Å². The topological polar surface area (TPSA) is 575 Å². The fourth-order valence-electron chi connectivity index (χ4n) is 12.8. The van der Waals surface area contributed by atoms with Crippen LogP contribution in [0.2, 0.25) is 0 Å². The molecule has 4 aromatic carbocycles. The molecule has 0 saturated carbocycles. The van der Waals surface area contributed by atoms with E-state index in [4.69, 9.17) is 28.3 Å². The zero-order valence-electron chi connectivity index (χ0n) is 64.3. The smallest absolute Gasteiger partial charge is 0.245 e. The van der Waals surface area contributed by atoms with E-state index in [0.29, 0.717) is 44.9 Å². The molecule has 35 nitrogen and oxygen atoms in total. The van der Waals surface area contributed by atoms with Crippen LogP contribution in [0.1, 0.15) is 104 Å². The van der Waals surface area contributed by atoms with E-state index in [1.165, 1.54) is 0 Å². The van der Waals surface area contributed by atoms with Crippen molar-refractivity contribution in [2.45, 2.75) is 173 Å². The predicted molar refractivity (Wildman–Crippen MR) is 425 cm³/mol. The van der Waals surface area contributed by atoms with E-state index in [9.17, 15) is 57.8 Å². The molecule has 11 atom stereocenters. The van der Waals surface area contributed by atoms with Crippen LogP contribution in [-0.2, 0) is 86.4 Å². The Labute approximate surface area is 657 Å². The SMILES string of the molecule is CC(C)[C@@H]1NC(=O)[C@H](Cc2c[nH]c3ccccc23)NC(=O)[C@H](CCCCN)NC(=O)[C@H](C(C)C)NC(=O)[C@H](Cc2c[nH]c3ccccc23)NC(=O)[C@H](CC(N)=O)NC(=O)[C@H](CCCNC(=N)N)NC(=O)CNC(=O)[C@H](CO)NC(=O)[C@H](C(C)(C)C)NC(=O)[C@H](Cc2ccc3ccccc3c2)NC(=O)CSC[C@@H](C(N)=O)NC1=O. The molecule has 3 heterocycles. The van der Waals surface area contributed by atoms with Gasteiger partial charge >= 0.3 is 0 Å². The zero-order valence-corrected chi connectivity index (χ0v) is 65.1. The molecule has 610 valence electrons. The molecule has 1 aliphatic heterocycles. The number of aliphatic hydroxyl groups excluding tert-OH is 1. The summed E-state index contributed by atoms with van der Waals surface area (Å²) in [5.74, 6) is -16.1. The summed E-state index contributed by atoms with van der Waals surface area (Å²) in [4.78, 5) is 207. The molecule has 0 unspecified atom stereocenters. The van der Waals surface area contributed by atoms with Gasteiger partial charge in [0, 0.05) is 65.8 Å². The van der Waals surface area contributed by atoms with Crippen molar-refractivity contribution in [3.8, 4) is 0 Å². The Morgan fingerprint density at radius 3 is 1.54 bits per heavy atom. The van der Waals surface area contributed by atoms with Crippen LogP contribution in [0, 0.1) is 22.7 Å². The number of amides is 14. The second kappa shape index (κ2) is 42.1. The summed E-state index contributed by atoms with van der Waals surface area (Å²) in [6.07, 6.45) is 2.15. The van der Waals surface area contributed by atoms with Gasteiger partial charge in [-0.2, -0.15) is 0 Å². The molecule has 14 amide bonds. The van der Waals surface area contributed by atoms with Gasteiger partial charge in [-0.05, 0) is 95.5 Å². The van der Waals surface area contributed by atoms with Crippen molar-refractivity contribution < 1.29 is 72.2 Å². The number of hydrogen-bond acceptors (Lipinski definition) is 18. The van der Waals surface area contributed by atoms with Crippen molar-refractivity contribution >= 4 is 133 Å². The van der Waals surface area contributed by atoms with Gasteiger partial charge in [0.1, 0.15) is 66.5 Å². The number of aliphatic hydroxyl groups is 1. The lowest BCUT2D eigenvalue weighted by molar-refractivity contribution is -0.137. The molecule has 7 rings (SSSR count). The van der Waals surface area contributed by atoms with Gasteiger partial charge in [0.15, 0.2) is 5.96 Å². The van der Waals surface area contributed by atoms with Gasteiger partial charge in [-0.15, -0.1) is 11.8 Å². The van der Waals surface area contributed by atoms with Crippen molar-refractivity contribution in [2.24, 2.45) is 40.2 Å². The first-order valence-electron chi connectivity index (χ1n) is 37.4. The van der Waals surface area contributed by atoms with Crippen LogP contribution < -0.4 is 92.1 Å². The molecule has 1 saturated heterocycles. The average Bonchev–Trinajstić information content (AvgIpc) is 1.77. The van der Waals surface area contributed by atoms with Gasteiger partial charge in [0.2, 0.25) is 82.7 Å². The lowest BCUT2D eigenvalue weighted by Gasteiger charge is -2.33. The first kappa shape index (κ1) is 88.6. The number of carbonyl (C=O) groups is 14. The third kappa shape index (κ3) is 26.5. The van der Waals surface area contributed by atoms with Gasteiger partial charge in [0.05, 0.1) is 25.3 Å². The molecule has 0 bridgehead atoms. The lowest BCUT2D eigenvalue weighted by Crippen LogP contribution is -2.62. The van der Waals surface area contributed by atoms with Crippen LogP contribution in [0.5, 0.6) is 0 Å². The Bertz CT molecular complexity index is 4430. The highest BCUT2D eigenvalue weighted by atomic mass is 32.2. The number of nitrogens with two attached hydrogens (primary N) is 4. The summed E-state index contributed by atoms with van der Waals surface area (Å²) in [7, 11) is 0. The monoisotopic (exact) mass is 1580 g/mol. The van der Waals surface area contributed by atoms with E-state index in [2.05, 4.69) is 79.1 Å². The second-order valence-corrected chi connectivity index (χ2v) is 30.7. The van der Waals surface area contributed by atoms with Gasteiger partial charge in [0.25, 0.3) is 0 Å². The van der Waals surface area contributed by atoms with E-state index in [0.717, 1.165) is 22.5 Å². The van der Waals surface area contributed by atoms with Crippen LogP contribution in [0.4, 0.5) is 0 Å². The average molecular weight is 1580 g/mol. The Balaban J connectivity index is 1.27. The maximum atomic E-state index is 15.1. The third-order valence-electron chi connectivity index (χ3n) is 18.9. The molecule has 1 fully saturated rings. The number of aromatic amines is 2. The highest BCUT2D eigenvalue weighted by Crippen LogP contribution is 2.25. The summed E-state index contributed by atoms with van der Waals surface area (Å²) in [6.45, 7) is 9.46. The van der Waals surface area contributed by atoms with E-state index in [1.807, 2.05) is 36.4 Å². The van der Waals surface area contributed by atoms with Crippen LogP contribution in [0.15, 0.2) is 103 Å². The molecule has 113 heavy (non-hydrogen) atoms. The Morgan fingerprint density at radius 2 is 1.00 bits per heavy atom. The van der Waals surface area contributed by atoms with Crippen LogP contribution in [0.25, 0.3) is 32.6 Å². The minimum absolute atomic E-state index is 0.0152. The Kier molecular flexibility index (Phi) is 33.0. The lowest BCUT2D eigenvalue weighted by atomic mass is 9.85. The number of nitrogens with one attached hydrogen (secondary N) is 16. The van der Waals surface area contributed by atoms with E-state index >= 15 is 14.4 Å². The van der Waals surface area contributed by atoms with Crippen molar-refractivity contribution in [1.82, 2.24) is 79.1 Å². The molecule has 0 aliphatic carbocycles. The van der Waals surface area contributed by atoms with Gasteiger partial charge < -0.3 is 107 Å². The quantitative estimate of drug-likeness (QED) is 0.0226. The van der Waals surface area contributed by atoms with E-state index in [-0.39, 0.29) is 63.8 Å². The highest BCUT2D eigenvalue weighted by molar-refractivity contribution is 8.00. The van der Waals surface area contributed by atoms with Crippen LogP contribution in [0.3, 0.4) is 0 Å². The first-order chi connectivity index (χ1) is 53.6. The summed E-state index contributed by atoms with van der Waals surface area (Å²) in [5.41, 5.74) is 24.9. The fraction of sp³-hybridized carbons (Fsp3) is 0.468. The summed E-state index contributed by atoms with van der Waals surface area (Å²) in [5, 5.41) is 55.1. The normalized spacial score (nSPS) is 22.9. The first-order valence-corrected chi connectivity index (χ1v) is 38.5. The van der Waals surface area contributed by atoms with Gasteiger partial charge in [-0.1, -0.05) is 127 Å². The summed E-state index contributed by atoms with van der Waals surface area (Å²) >= 11 is 0.861. The maximum absolute atomic E-state index is 15.1. The maximum Gasteiger partial charge on any atom is 0.245 e. The molecular weight excluding hydrogens is 1480 g/mol. The molecule has 0 spiro atoms. The number of guanidine groups is 1. The molecule has 6 aromatic rings. The summed E-state index contributed by atoms with van der Waals surface area (Å²) < 4.78 is 0. The number of H-pyrrole nitrogens is 2. The van der Waals surface area contributed by atoms with Crippen molar-refractivity contribution in [1.29, 1.82) is 5.41 Å². The number of para-hydroxylation sites is 2. The number of hydrogen-bond donors (Lipinski definition) is 21. The van der Waals surface area contributed by atoms with Gasteiger partial charge in [-0.25, -0.2) is 0 Å². The molecule has 1 aliphatic rings.